The zero-order valence-corrected chi connectivity index (χ0v) is 12.5. The van der Waals surface area contributed by atoms with Crippen LogP contribution in [0.1, 0.15) is 32.6 Å². The lowest BCUT2D eigenvalue weighted by Crippen LogP contribution is -2.54. The molecule has 1 aromatic rings. The van der Waals surface area contributed by atoms with E-state index in [1.165, 1.54) is 0 Å². The van der Waals surface area contributed by atoms with E-state index in [-0.39, 0.29) is 12.5 Å². The summed E-state index contributed by atoms with van der Waals surface area (Å²) in [6.07, 6.45) is 3.65. The highest BCUT2D eigenvalue weighted by atomic mass is 32.2. The predicted molar refractivity (Wildman–Crippen MR) is 75.5 cm³/mol. The fourth-order valence-corrected chi connectivity index (χ4v) is 4.30. The van der Waals surface area contributed by atoms with E-state index in [4.69, 9.17) is 0 Å². The van der Waals surface area contributed by atoms with Crippen molar-refractivity contribution in [1.29, 1.82) is 0 Å². The number of sulfonamides is 1. The van der Waals surface area contributed by atoms with E-state index >= 15 is 0 Å². The van der Waals surface area contributed by atoms with E-state index < -0.39 is 31.7 Å². The first kappa shape index (κ1) is 15.9. The lowest BCUT2D eigenvalue weighted by atomic mass is 9.78. The van der Waals surface area contributed by atoms with Crippen LogP contribution in [-0.4, -0.2) is 35.6 Å². The fraction of sp³-hybridized carbons (Fsp3) is 0.667. The second-order valence-corrected chi connectivity index (χ2v) is 7.33. The van der Waals surface area contributed by atoms with Gasteiger partial charge in [-0.05, 0) is 18.8 Å². The summed E-state index contributed by atoms with van der Waals surface area (Å²) < 4.78 is 27.1. The molecule has 9 heteroatoms. The van der Waals surface area contributed by atoms with Crippen molar-refractivity contribution in [3.8, 4) is 0 Å². The van der Waals surface area contributed by atoms with E-state index in [0.717, 1.165) is 19.0 Å². The summed E-state index contributed by atoms with van der Waals surface area (Å²) in [4.78, 5) is 26.0. The molecule has 118 valence electrons. The fourth-order valence-electron chi connectivity index (χ4n) is 2.87. The second kappa shape index (κ2) is 5.74. The summed E-state index contributed by atoms with van der Waals surface area (Å²) in [5, 5.41) is 9.61. The van der Waals surface area contributed by atoms with Crippen molar-refractivity contribution in [3.05, 3.63) is 27.0 Å². The molecule has 2 rings (SSSR count). The van der Waals surface area contributed by atoms with Gasteiger partial charge in [-0.3, -0.25) is 9.78 Å². The van der Waals surface area contributed by atoms with Gasteiger partial charge in [0.2, 0.25) is 10.0 Å². The van der Waals surface area contributed by atoms with Gasteiger partial charge in [0.15, 0.2) is 4.90 Å². The van der Waals surface area contributed by atoms with Gasteiger partial charge in [0.1, 0.15) is 0 Å². The third-order valence-corrected chi connectivity index (χ3v) is 5.40. The van der Waals surface area contributed by atoms with E-state index in [9.17, 15) is 23.1 Å². The maximum atomic E-state index is 12.3. The van der Waals surface area contributed by atoms with Crippen LogP contribution in [0.4, 0.5) is 0 Å². The van der Waals surface area contributed by atoms with Gasteiger partial charge in [-0.15, -0.1) is 0 Å². The molecule has 2 unspecified atom stereocenters. The molecular weight excluding hydrogens is 298 g/mol. The van der Waals surface area contributed by atoms with Gasteiger partial charge in [0.25, 0.3) is 5.56 Å². The molecule has 0 aromatic carbocycles. The van der Waals surface area contributed by atoms with E-state index in [1.807, 2.05) is 11.9 Å². The first-order chi connectivity index (χ1) is 9.78. The Morgan fingerprint density at radius 1 is 1.48 bits per heavy atom. The number of H-pyrrole nitrogens is 2. The second-order valence-electron chi connectivity index (χ2n) is 5.68. The first-order valence-electron chi connectivity index (χ1n) is 6.75. The molecule has 21 heavy (non-hydrogen) atoms. The predicted octanol–water partition coefficient (Wildman–Crippen LogP) is -0.717. The molecule has 1 heterocycles. The highest BCUT2D eigenvalue weighted by Crippen LogP contribution is 2.32. The van der Waals surface area contributed by atoms with Gasteiger partial charge >= 0.3 is 5.69 Å². The summed E-state index contributed by atoms with van der Waals surface area (Å²) in [5.41, 5.74) is -2.72. The minimum Gasteiger partial charge on any atom is -0.394 e. The molecule has 1 fully saturated rings. The monoisotopic (exact) mass is 317 g/mol. The standard InChI is InChI=1S/C12H19N3O5S/c1-8-3-2-4-12(5-8,7-16)15-21(19,20)9-6-13-11(18)14-10(9)17/h6,8,15-16H,2-5,7H2,1H3,(H2,13,14,17,18). The summed E-state index contributed by atoms with van der Waals surface area (Å²) >= 11 is 0. The third-order valence-electron chi connectivity index (χ3n) is 3.82. The van der Waals surface area contributed by atoms with Crippen molar-refractivity contribution < 1.29 is 13.5 Å². The Labute approximate surface area is 121 Å². The number of hydrogen-bond donors (Lipinski definition) is 4. The van der Waals surface area contributed by atoms with Crippen LogP contribution in [0.3, 0.4) is 0 Å². The molecule has 0 saturated heterocycles. The molecule has 1 saturated carbocycles. The van der Waals surface area contributed by atoms with Crippen LogP contribution in [0.2, 0.25) is 0 Å². The SMILES string of the molecule is CC1CCCC(CO)(NS(=O)(=O)c2c[nH]c(=O)[nH]c2=O)C1. The molecular formula is C12H19N3O5S. The van der Waals surface area contributed by atoms with Gasteiger partial charge in [-0.25, -0.2) is 17.9 Å². The van der Waals surface area contributed by atoms with Crippen molar-refractivity contribution in [3.63, 3.8) is 0 Å². The van der Waals surface area contributed by atoms with Crippen molar-refractivity contribution in [2.75, 3.05) is 6.61 Å². The largest absolute Gasteiger partial charge is 0.394 e. The van der Waals surface area contributed by atoms with Gasteiger partial charge in [-0.2, -0.15) is 0 Å². The number of aromatic nitrogens is 2. The highest BCUT2D eigenvalue weighted by Gasteiger charge is 2.39. The summed E-state index contributed by atoms with van der Waals surface area (Å²) in [7, 11) is -4.13. The molecule has 1 aromatic heterocycles. The summed E-state index contributed by atoms with van der Waals surface area (Å²) in [6.45, 7) is 1.66. The molecule has 0 amide bonds. The Kier molecular flexibility index (Phi) is 4.35. The minimum absolute atomic E-state index is 0.280. The zero-order chi connectivity index (χ0) is 15.7. The van der Waals surface area contributed by atoms with Crippen LogP contribution < -0.4 is 16.0 Å². The lowest BCUT2D eigenvalue weighted by Gasteiger charge is -2.38. The van der Waals surface area contributed by atoms with E-state index in [2.05, 4.69) is 9.71 Å². The molecule has 4 N–H and O–H groups in total. The van der Waals surface area contributed by atoms with Gasteiger partial charge in [0, 0.05) is 6.20 Å². The molecule has 8 nitrogen and oxygen atoms in total. The van der Waals surface area contributed by atoms with Crippen LogP contribution in [0.5, 0.6) is 0 Å². The number of aliphatic hydroxyl groups is 1. The molecule has 0 radical (unpaired) electrons. The summed E-state index contributed by atoms with van der Waals surface area (Å²) in [6, 6.07) is 0. The number of hydrogen-bond acceptors (Lipinski definition) is 5. The Hall–Kier alpha value is -1.45. The van der Waals surface area contributed by atoms with Gasteiger partial charge in [-0.1, -0.05) is 19.8 Å². The highest BCUT2D eigenvalue weighted by molar-refractivity contribution is 7.89. The number of rotatable bonds is 4. The molecule has 1 aliphatic carbocycles. The Balaban J connectivity index is 2.35. The number of aromatic amines is 2. The molecule has 0 aliphatic heterocycles. The van der Waals surface area contributed by atoms with Crippen LogP contribution in [0, 0.1) is 5.92 Å². The number of nitrogens with one attached hydrogen (secondary N) is 3. The quantitative estimate of drug-likeness (QED) is 0.582. The Bertz CT molecular complexity index is 723. The molecule has 0 spiro atoms. The van der Waals surface area contributed by atoms with Crippen LogP contribution in [0.25, 0.3) is 0 Å². The van der Waals surface area contributed by atoms with Crippen LogP contribution in [0.15, 0.2) is 20.7 Å². The Morgan fingerprint density at radius 2 is 2.19 bits per heavy atom. The van der Waals surface area contributed by atoms with Crippen LogP contribution >= 0.6 is 0 Å². The topological polar surface area (TPSA) is 132 Å². The van der Waals surface area contributed by atoms with Gasteiger partial charge < -0.3 is 10.1 Å². The average molecular weight is 317 g/mol. The third kappa shape index (κ3) is 3.42. The normalized spacial score (nSPS) is 26.7. The molecule has 2 atom stereocenters. The van der Waals surface area contributed by atoms with Crippen molar-refractivity contribution >= 4 is 10.0 Å². The van der Waals surface area contributed by atoms with E-state index in [1.54, 1.807) is 0 Å². The molecule has 0 bridgehead atoms. The zero-order valence-electron chi connectivity index (χ0n) is 11.7. The van der Waals surface area contributed by atoms with Crippen LogP contribution in [-0.2, 0) is 10.0 Å². The smallest absolute Gasteiger partial charge is 0.325 e. The first-order valence-corrected chi connectivity index (χ1v) is 8.23. The van der Waals surface area contributed by atoms with Crippen molar-refractivity contribution in [2.45, 2.75) is 43.0 Å². The maximum Gasteiger partial charge on any atom is 0.325 e. The lowest BCUT2D eigenvalue weighted by molar-refractivity contribution is 0.119. The average Bonchev–Trinajstić information content (AvgIpc) is 2.37. The van der Waals surface area contributed by atoms with Crippen molar-refractivity contribution in [1.82, 2.24) is 14.7 Å². The maximum absolute atomic E-state index is 12.3. The van der Waals surface area contributed by atoms with E-state index in [0.29, 0.717) is 12.8 Å². The summed E-state index contributed by atoms with van der Waals surface area (Å²) in [5.74, 6) is 0.280. The van der Waals surface area contributed by atoms with Crippen molar-refractivity contribution in [2.24, 2.45) is 5.92 Å². The minimum atomic E-state index is -4.13. The van der Waals surface area contributed by atoms with Gasteiger partial charge in [0.05, 0.1) is 12.1 Å². The number of aliphatic hydroxyl groups excluding tert-OH is 1. The molecule has 1 aliphatic rings. The Morgan fingerprint density at radius 3 is 2.76 bits per heavy atom.